The molecule has 2 rings (SSSR count). The normalized spacial score (nSPS) is 10.8. The Kier molecular flexibility index (Phi) is 5.09. The van der Waals surface area contributed by atoms with Crippen molar-refractivity contribution in [2.75, 3.05) is 19.1 Å². The van der Waals surface area contributed by atoms with Crippen LogP contribution >= 0.6 is 22.6 Å². The SMILES string of the molecule is CCOc1c(I)cc(/C=N/Nc2nn[nH]n2)cc1OC. The van der Waals surface area contributed by atoms with E-state index in [0.29, 0.717) is 18.3 Å². The Labute approximate surface area is 129 Å². The van der Waals surface area contributed by atoms with Crippen molar-refractivity contribution in [1.29, 1.82) is 0 Å². The molecule has 1 aromatic heterocycles. The van der Waals surface area contributed by atoms with Gasteiger partial charge >= 0.3 is 0 Å². The van der Waals surface area contributed by atoms with E-state index in [1.165, 1.54) is 0 Å². The van der Waals surface area contributed by atoms with Gasteiger partial charge in [-0.3, -0.25) is 0 Å². The van der Waals surface area contributed by atoms with Crippen LogP contribution in [0.2, 0.25) is 0 Å². The van der Waals surface area contributed by atoms with Crippen LogP contribution in [0.3, 0.4) is 0 Å². The van der Waals surface area contributed by atoms with E-state index < -0.39 is 0 Å². The maximum Gasteiger partial charge on any atom is 0.283 e. The molecule has 0 fully saturated rings. The number of aromatic nitrogens is 4. The Bertz CT molecular complexity index is 587. The lowest BCUT2D eigenvalue weighted by Crippen LogP contribution is -1.99. The van der Waals surface area contributed by atoms with E-state index in [-0.39, 0.29) is 0 Å². The molecule has 0 bridgehead atoms. The Balaban J connectivity index is 2.16. The van der Waals surface area contributed by atoms with E-state index in [2.05, 4.69) is 53.7 Å². The number of benzene rings is 1. The molecule has 0 aliphatic carbocycles. The van der Waals surface area contributed by atoms with Gasteiger partial charge in [-0.25, -0.2) is 5.43 Å². The van der Waals surface area contributed by atoms with E-state index in [0.717, 1.165) is 14.9 Å². The van der Waals surface area contributed by atoms with Gasteiger partial charge in [-0.1, -0.05) is 5.10 Å². The Hall–Kier alpha value is -1.91. The first-order chi connectivity index (χ1) is 9.74. The van der Waals surface area contributed by atoms with Gasteiger partial charge in [0.1, 0.15) is 0 Å². The molecule has 0 amide bonds. The van der Waals surface area contributed by atoms with Gasteiger partial charge in [0.2, 0.25) is 0 Å². The summed E-state index contributed by atoms with van der Waals surface area (Å²) in [5.41, 5.74) is 3.52. The van der Waals surface area contributed by atoms with Gasteiger partial charge in [-0.05, 0) is 52.4 Å². The molecule has 0 atom stereocenters. The van der Waals surface area contributed by atoms with Crippen LogP contribution < -0.4 is 14.9 Å². The van der Waals surface area contributed by atoms with Crippen LogP contribution in [0.25, 0.3) is 0 Å². The number of halogens is 1. The average Bonchev–Trinajstić information content (AvgIpc) is 2.94. The highest BCUT2D eigenvalue weighted by molar-refractivity contribution is 14.1. The van der Waals surface area contributed by atoms with Crippen molar-refractivity contribution in [3.63, 3.8) is 0 Å². The summed E-state index contributed by atoms with van der Waals surface area (Å²) < 4.78 is 11.8. The number of aromatic amines is 1. The summed E-state index contributed by atoms with van der Waals surface area (Å²) in [5.74, 6) is 1.70. The van der Waals surface area contributed by atoms with Crippen LogP contribution in [-0.2, 0) is 0 Å². The van der Waals surface area contributed by atoms with Crippen molar-refractivity contribution in [3.8, 4) is 11.5 Å². The number of hydrogen-bond acceptors (Lipinski definition) is 7. The third-order valence-electron chi connectivity index (χ3n) is 2.26. The minimum Gasteiger partial charge on any atom is -0.493 e. The molecule has 0 saturated carbocycles. The van der Waals surface area contributed by atoms with Crippen LogP contribution in [0.1, 0.15) is 12.5 Å². The number of hydrazone groups is 1. The van der Waals surface area contributed by atoms with Gasteiger partial charge in [0.15, 0.2) is 11.5 Å². The van der Waals surface area contributed by atoms with Crippen LogP contribution in [-0.4, -0.2) is 40.6 Å². The molecular formula is C11H13IN6O2. The topological polar surface area (TPSA) is 97.3 Å². The highest BCUT2D eigenvalue weighted by atomic mass is 127. The van der Waals surface area contributed by atoms with Crippen molar-refractivity contribution in [2.45, 2.75) is 6.92 Å². The van der Waals surface area contributed by atoms with Crippen LogP contribution in [0, 0.1) is 3.57 Å². The predicted octanol–water partition coefficient (Wildman–Crippen LogP) is 1.66. The number of H-pyrrole nitrogens is 1. The van der Waals surface area contributed by atoms with Crippen LogP contribution in [0.15, 0.2) is 17.2 Å². The Morgan fingerprint density at radius 2 is 2.35 bits per heavy atom. The van der Waals surface area contributed by atoms with E-state index in [1.54, 1.807) is 13.3 Å². The quantitative estimate of drug-likeness (QED) is 0.444. The summed E-state index contributed by atoms with van der Waals surface area (Å²) in [5, 5.41) is 17.2. The fourth-order valence-electron chi connectivity index (χ4n) is 1.47. The average molecular weight is 388 g/mol. The number of anilines is 1. The zero-order valence-corrected chi connectivity index (χ0v) is 13.1. The first kappa shape index (κ1) is 14.5. The lowest BCUT2D eigenvalue weighted by molar-refractivity contribution is 0.308. The lowest BCUT2D eigenvalue weighted by atomic mass is 10.2. The summed E-state index contributed by atoms with van der Waals surface area (Å²) in [6.45, 7) is 2.51. The second kappa shape index (κ2) is 7.03. The molecule has 1 heterocycles. The standard InChI is InChI=1S/C11H13IN6O2/c1-3-20-10-8(12)4-7(5-9(10)19-2)6-13-14-11-15-17-18-16-11/h4-6H,3H2,1-2H3,(H2,14,15,16,17,18)/b13-6+. The first-order valence-electron chi connectivity index (χ1n) is 5.77. The summed E-state index contributed by atoms with van der Waals surface area (Å²) in [4.78, 5) is 0. The van der Waals surface area contributed by atoms with Crippen molar-refractivity contribution in [1.82, 2.24) is 20.6 Å². The molecule has 2 aromatic rings. The van der Waals surface area contributed by atoms with E-state index >= 15 is 0 Å². The van der Waals surface area contributed by atoms with Crippen molar-refractivity contribution in [2.24, 2.45) is 5.10 Å². The minimum atomic E-state index is 0.300. The van der Waals surface area contributed by atoms with Crippen LogP contribution in [0.4, 0.5) is 5.95 Å². The maximum absolute atomic E-state index is 5.55. The zero-order chi connectivity index (χ0) is 14.4. The fourth-order valence-corrected chi connectivity index (χ4v) is 2.25. The molecule has 1 aromatic carbocycles. The van der Waals surface area contributed by atoms with Crippen molar-refractivity contribution in [3.05, 3.63) is 21.3 Å². The zero-order valence-electron chi connectivity index (χ0n) is 10.9. The van der Waals surface area contributed by atoms with E-state index in [1.807, 2.05) is 19.1 Å². The summed E-state index contributed by atoms with van der Waals surface area (Å²) >= 11 is 2.19. The smallest absolute Gasteiger partial charge is 0.283 e. The predicted molar refractivity (Wildman–Crippen MR) is 82.3 cm³/mol. The second-order valence-corrected chi connectivity index (χ2v) is 4.73. The molecule has 0 aliphatic heterocycles. The monoisotopic (exact) mass is 388 g/mol. The number of tetrazole rings is 1. The molecular weight excluding hydrogens is 375 g/mol. The molecule has 106 valence electrons. The van der Waals surface area contributed by atoms with Gasteiger partial charge in [-0.2, -0.15) is 10.3 Å². The molecule has 0 radical (unpaired) electrons. The van der Waals surface area contributed by atoms with Crippen molar-refractivity contribution >= 4 is 34.8 Å². The second-order valence-electron chi connectivity index (χ2n) is 3.57. The van der Waals surface area contributed by atoms with Gasteiger partial charge in [0.25, 0.3) is 5.95 Å². The fraction of sp³-hybridized carbons (Fsp3) is 0.273. The molecule has 0 unspecified atom stereocenters. The Morgan fingerprint density at radius 3 is 3.00 bits per heavy atom. The molecule has 0 spiro atoms. The number of hydrogen-bond donors (Lipinski definition) is 2. The molecule has 0 saturated heterocycles. The Morgan fingerprint density at radius 1 is 1.50 bits per heavy atom. The van der Waals surface area contributed by atoms with Crippen LogP contribution in [0.5, 0.6) is 11.5 Å². The van der Waals surface area contributed by atoms with Crippen molar-refractivity contribution < 1.29 is 9.47 Å². The molecule has 2 N–H and O–H groups in total. The number of methoxy groups -OCH3 is 1. The first-order valence-corrected chi connectivity index (χ1v) is 6.85. The maximum atomic E-state index is 5.55. The number of nitrogens with one attached hydrogen (secondary N) is 2. The molecule has 8 nitrogen and oxygen atoms in total. The summed E-state index contributed by atoms with van der Waals surface area (Å²) in [6.07, 6.45) is 1.64. The third-order valence-corrected chi connectivity index (χ3v) is 3.07. The van der Waals surface area contributed by atoms with E-state index in [4.69, 9.17) is 9.47 Å². The summed E-state index contributed by atoms with van der Waals surface area (Å²) in [7, 11) is 1.60. The molecule has 0 aliphatic rings. The number of nitrogens with zero attached hydrogens (tertiary/aromatic N) is 4. The number of ether oxygens (including phenoxy) is 2. The number of rotatable bonds is 6. The molecule has 9 heteroatoms. The third kappa shape index (κ3) is 3.56. The van der Waals surface area contributed by atoms with Gasteiger partial charge < -0.3 is 9.47 Å². The van der Waals surface area contributed by atoms with Gasteiger partial charge in [0, 0.05) is 0 Å². The highest BCUT2D eigenvalue weighted by Crippen LogP contribution is 2.33. The highest BCUT2D eigenvalue weighted by Gasteiger charge is 2.10. The molecule has 20 heavy (non-hydrogen) atoms. The largest absolute Gasteiger partial charge is 0.493 e. The van der Waals surface area contributed by atoms with Gasteiger partial charge in [-0.15, -0.1) is 5.10 Å². The minimum absolute atomic E-state index is 0.300. The van der Waals surface area contributed by atoms with E-state index in [9.17, 15) is 0 Å². The van der Waals surface area contributed by atoms with Gasteiger partial charge in [0.05, 0.1) is 23.5 Å². The summed E-state index contributed by atoms with van der Waals surface area (Å²) in [6, 6.07) is 3.78. The lowest BCUT2D eigenvalue weighted by Gasteiger charge is -2.11.